The molecule has 0 aromatic rings. The van der Waals surface area contributed by atoms with Crippen molar-refractivity contribution in [1.29, 1.82) is 0 Å². The highest BCUT2D eigenvalue weighted by molar-refractivity contribution is 5.78. The Balaban J connectivity index is 1.34. The molecule has 4 nitrogen and oxygen atoms in total. The molecule has 0 aliphatic heterocycles. The Kier molecular flexibility index (Phi) is 3.69. The number of amides is 1. The molecule has 0 saturated heterocycles. The van der Waals surface area contributed by atoms with Gasteiger partial charge in [0.1, 0.15) is 0 Å². The molecule has 6 fully saturated rings. The first-order valence-corrected chi connectivity index (χ1v) is 9.55. The SMILES string of the molecule is O=C(CC1CC2CCC1CC2)NC12CCC(C(=O)O)(CC1)CC2. The van der Waals surface area contributed by atoms with Crippen LogP contribution in [-0.2, 0) is 9.59 Å². The van der Waals surface area contributed by atoms with Gasteiger partial charge in [-0.05, 0) is 75.5 Å². The minimum Gasteiger partial charge on any atom is -0.481 e. The first-order valence-electron chi connectivity index (χ1n) is 9.55. The van der Waals surface area contributed by atoms with E-state index in [1.54, 1.807) is 0 Å². The Morgan fingerprint density at radius 1 is 0.957 bits per heavy atom. The Morgan fingerprint density at radius 2 is 1.57 bits per heavy atom. The van der Waals surface area contributed by atoms with E-state index in [9.17, 15) is 14.7 Å². The molecule has 4 bridgehead atoms. The van der Waals surface area contributed by atoms with Crippen LogP contribution in [0.5, 0.6) is 0 Å². The molecule has 6 saturated carbocycles. The maximum absolute atomic E-state index is 12.6. The van der Waals surface area contributed by atoms with E-state index in [0.29, 0.717) is 12.3 Å². The third-order valence-corrected chi connectivity index (χ3v) is 7.75. The van der Waals surface area contributed by atoms with Crippen LogP contribution in [0.3, 0.4) is 0 Å². The van der Waals surface area contributed by atoms with Crippen molar-refractivity contribution in [1.82, 2.24) is 5.32 Å². The number of carbonyl (C=O) groups is 2. The van der Waals surface area contributed by atoms with Gasteiger partial charge in [0, 0.05) is 12.0 Å². The summed E-state index contributed by atoms with van der Waals surface area (Å²) < 4.78 is 0. The van der Waals surface area contributed by atoms with Crippen molar-refractivity contribution in [2.45, 2.75) is 82.6 Å². The van der Waals surface area contributed by atoms with Crippen LogP contribution in [0.25, 0.3) is 0 Å². The van der Waals surface area contributed by atoms with Crippen LogP contribution in [0.4, 0.5) is 0 Å². The van der Waals surface area contributed by atoms with Gasteiger partial charge in [0.15, 0.2) is 0 Å². The normalized spacial score (nSPS) is 45.0. The summed E-state index contributed by atoms with van der Waals surface area (Å²) in [5.74, 6) is 1.85. The molecule has 1 amide bonds. The molecule has 1 atom stereocenters. The monoisotopic (exact) mass is 319 g/mol. The van der Waals surface area contributed by atoms with E-state index in [1.165, 1.54) is 32.1 Å². The van der Waals surface area contributed by atoms with Crippen molar-refractivity contribution < 1.29 is 14.7 Å². The minimum absolute atomic E-state index is 0.0953. The quantitative estimate of drug-likeness (QED) is 0.833. The summed E-state index contributed by atoms with van der Waals surface area (Å²) in [6.07, 6.45) is 12.1. The van der Waals surface area contributed by atoms with Gasteiger partial charge in [-0.25, -0.2) is 0 Å². The number of rotatable bonds is 4. The van der Waals surface area contributed by atoms with Crippen LogP contribution in [-0.4, -0.2) is 22.5 Å². The number of carboxylic acid groups (broad SMARTS) is 1. The molecule has 1 unspecified atom stereocenters. The van der Waals surface area contributed by atoms with Crippen molar-refractivity contribution >= 4 is 11.9 Å². The number of carboxylic acids is 1. The maximum Gasteiger partial charge on any atom is 0.309 e. The topological polar surface area (TPSA) is 66.4 Å². The molecule has 2 N–H and O–H groups in total. The van der Waals surface area contributed by atoms with E-state index in [2.05, 4.69) is 5.32 Å². The second kappa shape index (κ2) is 5.49. The average Bonchev–Trinajstić information content (AvgIpc) is 2.57. The van der Waals surface area contributed by atoms with Crippen molar-refractivity contribution in [2.24, 2.45) is 23.2 Å². The molecule has 128 valence electrons. The number of hydrogen-bond donors (Lipinski definition) is 2. The lowest BCUT2D eigenvalue weighted by molar-refractivity contribution is -0.157. The Hall–Kier alpha value is -1.06. The number of aliphatic carboxylic acids is 1. The highest BCUT2D eigenvalue weighted by Gasteiger charge is 2.53. The van der Waals surface area contributed by atoms with Gasteiger partial charge in [-0.15, -0.1) is 0 Å². The van der Waals surface area contributed by atoms with Gasteiger partial charge >= 0.3 is 5.97 Å². The molecule has 0 aromatic heterocycles. The fraction of sp³-hybridized carbons (Fsp3) is 0.895. The second-order valence-corrected chi connectivity index (χ2v) is 8.89. The van der Waals surface area contributed by atoms with Crippen molar-refractivity contribution in [3.63, 3.8) is 0 Å². The zero-order valence-corrected chi connectivity index (χ0v) is 14.0. The molecular formula is C19H29NO3. The number of carbonyl (C=O) groups excluding carboxylic acids is 1. The second-order valence-electron chi connectivity index (χ2n) is 8.89. The first-order chi connectivity index (χ1) is 11.0. The standard InChI is InChI=1S/C19H29NO3/c21-16(12-15-11-13-1-3-14(15)4-2-13)20-19-8-5-18(6-9-19,7-10-19)17(22)23/h13-15H,1-12H2,(H,20,21)(H,22,23). The molecule has 0 radical (unpaired) electrons. The lowest BCUT2D eigenvalue weighted by Crippen LogP contribution is -2.58. The van der Waals surface area contributed by atoms with Crippen LogP contribution in [0.2, 0.25) is 0 Å². The fourth-order valence-electron chi connectivity index (χ4n) is 6.04. The zero-order chi connectivity index (χ0) is 16.1. The van der Waals surface area contributed by atoms with Gasteiger partial charge in [0.05, 0.1) is 5.41 Å². The number of hydrogen-bond acceptors (Lipinski definition) is 2. The lowest BCUT2D eigenvalue weighted by Gasteiger charge is -2.51. The van der Waals surface area contributed by atoms with Crippen LogP contribution in [0, 0.1) is 23.2 Å². The Labute approximate surface area is 138 Å². The van der Waals surface area contributed by atoms with Gasteiger partial charge in [0.25, 0.3) is 0 Å². The largest absolute Gasteiger partial charge is 0.481 e. The molecular weight excluding hydrogens is 290 g/mol. The molecule has 6 rings (SSSR count). The minimum atomic E-state index is -0.629. The van der Waals surface area contributed by atoms with E-state index < -0.39 is 11.4 Å². The van der Waals surface area contributed by atoms with Crippen molar-refractivity contribution in [3.05, 3.63) is 0 Å². The van der Waals surface area contributed by atoms with Crippen LogP contribution in [0.1, 0.15) is 77.0 Å². The Bertz CT molecular complexity index is 482. The fourth-order valence-corrected chi connectivity index (χ4v) is 6.04. The molecule has 6 aliphatic carbocycles. The summed E-state index contributed by atoms with van der Waals surface area (Å²) in [5, 5.41) is 12.8. The third-order valence-electron chi connectivity index (χ3n) is 7.75. The van der Waals surface area contributed by atoms with E-state index >= 15 is 0 Å². The van der Waals surface area contributed by atoms with Gasteiger partial charge in [0.2, 0.25) is 5.91 Å². The Morgan fingerprint density at radius 3 is 2.04 bits per heavy atom. The predicted molar refractivity (Wildman–Crippen MR) is 86.8 cm³/mol. The summed E-state index contributed by atoms with van der Waals surface area (Å²) in [6, 6.07) is 0. The number of nitrogens with one attached hydrogen (secondary N) is 1. The van der Waals surface area contributed by atoms with Crippen molar-refractivity contribution in [3.8, 4) is 0 Å². The smallest absolute Gasteiger partial charge is 0.309 e. The van der Waals surface area contributed by atoms with Gasteiger partial charge < -0.3 is 10.4 Å². The van der Waals surface area contributed by atoms with Gasteiger partial charge in [-0.2, -0.15) is 0 Å². The van der Waals surface area contributed by atoms with Gasteiger partial charge in [-0.3, -0.25) is 9.59 Å². The van der Waals surface area contributed by atoms with Crippen LogP contribution in [0.15, 0.2) is 0 Å². The number of fused-ring (bicyclic) bond motifs is 6. The molecule has 0 aromatic carbocycles. The molecule has 23 heavy (non-hydrogen) atoms. The molecule has 0 spiro atoms. The maximum atomic E-state index is 12.6. The summed E-state index contributed by atoms with van der Waals surface area (Å²) in [4.78, 5) is 24.1. The molecule has 0 heterocycles. The highest BCUT2D eigenvalue weighted by atomic mass is 16.4. The summed E-state index contributed by atoms with van der Waals surface area (Å²) >= 11 is 0. The van der Waals surface area contributed by atoms with Crippen molar-refractivity contribution in [2.75, 3.05) is 0 Å². The average molecular weight is 319 g/mol. The van der Waals surface area contributed by atoms with Gasteiger partial charge in [-0.1, -0.05) is 12.8 Å². The van der Waals surface area contributed by atoms with Crippen LogP contribution < -0.4 is 5.32 Å². The van der Waals surface area contributed by atoms with E-state index in [4.69, 9.17) is 0 Å². The first kappa shape index (κ1) is 15.5. The third kappa shape index (κ3) is 2.68. The van der Waals surface area contributed by atoms with E-state index in [1.807, 2.05) is 0 Å². The summed E-state index contributed by atoms with van der Waals surface area (Å²) in [5.41, 5.74) is -0.586. The van der Waals surface area contributed by atoms with E-state index in [0.717, 1.165) is 50.4 Å². The lowest BCUT2D eigenvalue weighted by atomic mass is 9.57. The molecule has 6 aliphatic rings. The van der Waals surface area contributed by atoms with E-state index in [-0.39, 0.29) is 11.4 Å². The zero-order valence-electron chi connectivity index (χ0n) is 14.0. The molecule has 4 heteroatoms. The summed E-state index contributed by atoms with van der Waals surface area (Å²) in [7, 11) is 0. The summed E-state index contributed by atoms with van der Waals surface area (Å²) in [6.45, 7) is 0. The van der Waals surface area contributed by atoms with Crippen LogP contribution >= 0.6 is 0 Å². The highest BCUT2D eigenvalue weighted by Crippen LogP contribution is 2.52. The predicted octanol–water partition coefficient (Wildman–Crippen LogP) is 3.50.